The van der Waals surface area contributed by atoms with Gasteiger partial charge in [0.1, 0.15) is 0 Å². The summed E-state index contributed by atoms with van der Waals surface area (Å²) in [7, 11) is 0. The number of nitrogens with one attached hydrogen (secondary N) is 1. The summed E-state index contributed by atoms with van der Waals surface area (Å²) in [6.45, 7) is 3.78. The van der Waals surface area contributed by atoms with Crippen molar-refractivity contribution in [1.29, 1.82) is 0 Å². The molecule has 1 aromatic heterocycles. The maximum atomic E-state index is 12.3. The van der Waals surface area contributed by atoms with Gasteiger partial charge in [0.05, 0.1) is 9.80 Å². The minimum atomic E-state index is -0.469. The molecule has 0 amide bonds. The lowest BCUT2D eigenvalue weighted by atomic mass is 10.1. The fourth-order valence-electron chi connectivity index (χ4n) is 1.73. The molecule has 0 bridgehead atoms. The summed E-state index contributed by atoms with van der Waals surface area (Å²) in [5.74, 6) is -0.199. The van der Waals surface area contributed by atoms with E-state index in [-0.39, 0.29) is 17.5 Å². The van der Waals surface area contributed by atoms with Gasteiger partial charge in [0, 0.05) is 17.7 Å². The van der Waals surface area contributed by atoms with E-state index in [0.29, 0.717) is 15.4 Å². The zero-order valence-electron chi connectivity index (χ0n) is 11.1. The first-order valence-corrected chi connectivity index (χ1v) is 6.95. The Bertz CT molecular complexity index is 635. The Morgan fingerprint density at radius 2 is 1.95 bits per heavy atom. The molecule has 0 saturated carbocycles. The SMILES string of the molecule is CC(C)Nc1sc(C(=O)c2ccccc2)cc1[N+](=O)[O-]. The van der Waals surface area contributed by atoms with E-state index in [2.05, 4.69) is 5.32 Å². The number of ketones is 1. The van der Waals surface area contributed by atoms with Crippen molar-refractivity contribution in [3.05, 3.63) is 57.0 Å². The minimum Gasteiger partial charge on any atom is -0.369 e. The van der Waals surface area contributed by atoms with E-state index in [1.165, 1.54) is 6.07 Å². The lowest BCUT2D eigenvalue weighted by Gasteiger charge is -2.05. The van der Waals surface area contributed by atoms with Gasteiger partial charge in [-0.05, 0) is 13.8 Å². The lowest BCUT2D eigenvalue weighted by Crippen LogP contribution is -2.09. The summed E-state index contributed by atoms with van der Waals surface area (Å²) in [5, 5.41) is 14.5. The number of nitrogens with zero attached hydrogens (tertiary/aromatic N) is 1. The average Bonchev–Trinajstić information content (AvgIpc) is 2.82. The van der Waals surface area contributed by atoms with Gasteiger partial charge in [-0.25, -0.2) is 0 Å². The third kappa shape index (κ3) is 3.03. The van der Waals surface area contributed by atoms with Crippen LogP contribution in [0.15, 0.2) is 36.4 Å². The monoisotopic (exact) mass is 290 g/mol. The van der Waals surface area contributed by atoms with Gasteiger partial charge in [-0.15, -0.1) is 11.3 Å². The van der Waals surface area contributed by atoms with Gasteiger partial charge in [0.15, 0.2) is 5.00 Å². The molecule has 1 aromatic carbocycles. The van der Waals surface area contributed by atoms with Crippen LogP contribution in [-0.4, -0.2) is 16.7 Å². The molecular weight excluding hydrogens is 276 g/mol. The number of nitro groups is 1. The smallest absolute Gasteiger partial charge is 0.304 e. The largest absolute Gasteiger partial charge is 0.369 e. The second-order valence-electron chi connectivity index (χ2n) is 4.58. The molecule has 2 rings (SSSR count). The fraction of sp³-hybridized carbons (Fsp3) is 0.214. The van der Waals surface area contributed by atoms with Crippen molar-refractivity contribution in [1.82, 2.24) is 0 Å². The molecular formula is C14H14N2O3S. The Hall–Kier alpha value is -2.21. The van der Waals surface area contributed by atoms with E-state index in [4.69, 9.17) is 0 Å². The van der Waals surface area contributed by atoms with Crippen LogP contribution in [0.5, 0.6) is 0 Å². The van der Waals surface area contributed by atoms with Crippen molar-refractivity contribution < 1.29 is 9.72 Å². The maximum Gasteiger partial charge on any atom is 0.304 e. The van der Waals surface area contributed by atoms with Crippen molar-refractivity contribution in [2.45, 2.75) is 19.9 Å². The molecule has 2 aromatic rings. The first kappa shape index (κ1) is 14.2. The number of thiophene rings is 1. The highest BCUT2D eigenvalue weighted by Gasteiger charge is 2.23. The zero-order valence-corrected chi connectivity index (χ0v) is 11.9. The lowest BCUT2D eigenvalue weighted by molar-refractivity contribution is -0.383. The standard InChI is InChI=1S/C14H14N2O3S/c1-9(2)15-14-11(16(18)19)8-12(20-14)13(17)10-6-4-3-5-7-10/h3-9,15H,1-2H3. The number of rotatable bonds is 5. The highest BCUT2D eigenvalue weighted by Crippen LogP contribution is 2.36. The molecule has 1 heterocycles. The fourth-order valence-corrected chi connectivity index (χ4v) is 2.86. The Labute approximate surface area is 120 Å². The molecule has 6 heteroatoms. The van der Waals surface area contributed by atoms with Crippen LogP contribution >= 0.6 is 11.3 Å². The van der Waals surface area contributed by atoms with Gasteiger partial charge in [0.2, 0.25) is 5.78 Å². The third-order valence-electron chi connectivity index (χ3n) is 2.59. The third-order valence-corrected chi connectivity index (χ3v) is 3.64. The van der Waals surface area contributed by atoms with Crippen LogP contribution in [0.1, 0.15) is 29.1 Å². The zero-order chi connectivity index (χ0) is 14.7. The molecule has 20 heavy (non-hydrogen) atoms. The average molecular weight is 290 g/mol. The van der Waals surface area contributed by atoms with E-state index in [1.54, 1.807) is 24.3 Å². The first-order valence-electron chi connectivity index (χ1n) is 6.13. The molecule has 0 spiro atoms. The molecule has 104 valence electrons. The van der Waals surface area contributed by atoms with Gasteiger partial charge in [-0.1, -0.05) is 30.3 Å². The Morgan fingerprint density at radius 1 is 1.30 bits per heavy atom. The number of benzene rings is 1. The molecule has 0 unspecified atom stereocenters. The topological polar surface area (TPSA) is 72.2 Å². The highest BCUT2D eigenvalue weighted by atomic mass is 32.1. The normalized spacial score (nSPS) is 10.6. The Morgan fingerprint density at radius 3 is 2.50 bits per heavy atom. The second-order valence-corrected chi connectivity index (χ2v) is 5.63. The van der Waals surface area contributed by atoms with E-state index in [9.17, 15) is 14.9 Å². The van der Waals surface area contributed by atoms with Crippen LogP contribution in [0.25, 0.3) is 0 Å². The van der Waals surface area contributed by atoms with Crippen molar-refractivity contribution >= 4 is 27.8 Å². The Balaban J connectivity index is 2.38. The van der Waals surface area contributed by atoms with E-state index in [0.717, 1.165) is 11.3 Å². The van der Waals surface area contributed by atoms with Crippen molar-refractivity contribution in [2.24, 2.45) is 0 Å². The van der Waals surface area contributed by atoms with Crippen molar-refractivity contribution in [3.8, 4) is 0 Å². The summed E-state index contributed by atoms with van der Waals surface area (Å²) in [5.41, 5.74) is 0.475. The summed E-state index contributed by atoms with van der Waals surface area (Å²) in [4.78, 5) is 23.2. The van der Waals surface area contributed by atoms with Crippen LogP contribution in [0, 0.1) is 10.1 Å². The second kappa shape index (κ2) is 5.83. The molecule has 0 aliphatic heterocycles. The van der Waals surface area contributed by atoms with Gasteiger partial charge < -0.3 is 5.32 Å². The number of hydrogen-bond donors (Lipinski definition) is 1. The molecule has 0 saturated heterocycles. The minimum absolute atomic E-state index is 0.0528. The predicted molar refractivity (Wildman–Crippen MR) is 79.6 cm³/mol. The molecule has 5 nitrogen and oxygen atoms in total. The van der Waals surface area contributed by atoms with Crippen molar-refractivity contribution in [3.63, 3.8) is 0 Å². The van der Waals surface area contributed by atoms with E-state index in [1.807, 2.05) is 19.9 Å². The molecule has 0 aliphatic rings. The first-order chi connectivity index (χ1) is 9.49. The number of carbonyl (C=O) groups is 1. The molecule has 0 fully saturated rings. The van der Waals surface area contributed by atoms with E-state index < -0.39 is 4.92 Å². The quantitative estimate of drug-likeness (QED) is 0.517. The predicted octanol–water partition coefficient (Wildman–Crippen LogP) is 3.71. The summed E-state index contributed by atoms with van der Waals surface area (Å²) < 4.78 is 0. The van der Waals surface area contributed by atoms with Crippen LogP contribution in [0.3, 0.4) is 0 Å². The number of anilines is 1. The van der Waals surface area contributed by atoms with Gasteiger partial charge in [-0.2, -0.15) is 0 Å². The van der Waals surface area contributed by atoms with E-state index >= 15 is 0 Å². The summed E-state index contributed by atoms with van der Waals surface area (Å²) in [6.07, 6.45) is 0. The Kier molecular flexibility index (Phi) is 4.14. The molecule has 0 aliphatic carbocycles. The van der Waals surface area contributed by atoms with Gasteiger partial charge in [-0.3, -0.25) is 14.9 Å². The summed E-state index contributed by atoms with van der Waals surface area (Å²) >= 11 is 1.12. The molecule has 0 atom stereocenters. The van der Waals surface area contributed by atoms with Gasteiger partial charge in [0.25, 0.3) is 0 Å². The maximum absolute atomic E-state index is 12.3. The van der Waals surface area contributed by atoms with Crippen LogP contribution in [-0.2, 0) is 0 Å². The van der Waals surface area contributed by atoms with Crippen LogP contribution < -0.4 is 5.32 Å². The number of carbonyl (C=O) groups excluding carboxylic acids is 1. The molecule has 0 radical (unpaired) electrons. The molecule has 1 N–H and O–H groups in total. The highest BCUT2D eigenvalue weighted by molar-refractivity contribution is 7.18. The van der Waals surface area contributed by atoms with Gasteiger partial charge >= 0.3 is 5.69 Å². The van der Waals surface area contributed by atoms with Crippen LogP contribution in [0.2, 0.25) is 0 Å². The summed E-state index contributed by atoms with van der Waals surface area (Å²) in [6, 6.07) is 10.1. The van der Waals surface area contributed by atoms with Crippen molar-refractivity contribution in [2.75, 3.05) is 5.32 Å². The van der Waals surface area contributed by atoms with Crippen LogP contribution in [0.4, 0.5) is 10.7 Å². The number of hydrogen-bond acceptors (Lipinski definition) is 5.